The van der Waals surface area contributed by atoms with Gasteiger partial charge < -0.3 is 21.6 Å². The Hall–Kier alpha value is -1.20. The van der Waals surface area contributed by atoms with Crippen molar-refractivity contribution in [3.05, 3.63) is 12.2 Å². The standard InChI is InChI=1S/C9H17N3O2/c10-5-7-12-6-3-1-2-4-8(11)9(13)14/h1,3,5,8,10,12H,2,4,6-7,11H2,(H,13,14)/b3-1+,10-5?/t8-/m0/s1. The van der Waals surface area contributed by atoms with E-state index in [0.29, 0.717) is 25.9 Å². The van der Waals surface area contributed by atoms with E-state index in [1.807, 2.05) is 12.2 Å². The van der Waals surface area contributed by atoms with Crippen LogP contribution in [0.1, 0.15) is 12.8 Å². The molecule has 5 nitrogen and oxygen atoms in total. The lowest BCUT2D eigenvalue weighted by molar-refractivity contribution is -0.138. The van der Waals surface area contributed by atoms with Crippen LogP contribution >= 0.6 is 0 Å². The highest BCUT2D eigenvalue weighted by atomic mass is 16.4. The molecular weight excluding hydrogens is 182 g/mol. The number of nitrogens with one attached hydrogen (secondary N) is 2. The van der Waals surface area contributed by atoms with Crippen molar-refractivity contribution < 1.29 is 9.90 Å². The molecule has 5 N–H and O–H groups in total. The fourth-order valence-corrected chi connectivity index (χ4v) is 0.839. The molecular formula is C9H17N3O2. The third-order valence-corrected chi connectivity index (χ3v) is 1.64. The van der Waals surface area contributed by atoms with Crippen molar-refractivity contribution in [1.82, 2.24) is 5.32 Å². The molecule has 0 aromatic rings. The average molecular weight is 199 g/mol. The van der Waals surface area contributed by atoms with Gasteiger partial charge in [-0.2, -0.15) is 0 Å². The van der Waals surface area contributed by atoms with Gasteiger partial charge in [-0.25, -0.2) is 0 Å². The second kappa shape index (κ2) is 8.40. The summed E-state index contributed by atoms with van der Waals surface area (Å²) in [5.41, 5.74) is 5.30. The van der Waals surface area contributed by atoms with Crippen LogP contribution in [0, 0.1) is 5.41 Å². The van der Waals surface area contributed by atoms with Crippen LogP contribution in [-0.2, 0) is 4.79 Å². The van der Waals surface area contributed by atoms with Crippen LogP contribution in [0.3, 0.4) is 0 Å². The predicted molar refractivity (Wildman–Crippen MR) is 55.6 cm³/mol. The molecule has 0 saturated heterocycles. The summed E-state index contributed by atoms with van der Waals surface area (Å²) in [4.78, 5) is 10.3. The van der Waals surface area contributed by atoms with Crippen molar-refractivity contribution in [2.75, 3.05) is 13.1 Å². The maximum Gasteiger partial charge on any atom is 0.320 e. The summed E-state index contributed by atoms with van der Waals surface area (Å²) in [5.74, 6) is -0.958. The molecule has 0 radical (unpaired) electrons. The van der Waals surface area contributed by atoms with Crippen LogP contribution in [0.25, 0.3) is 0 Å². The van der Waals surface area contributed by atoms with Gasteiger partial charge >= 0.3 is 5.97 Å². The summed E-state index contributed by atoms with van der Waals surface area (Å²) in [6, 6.07) is -0.769. The Balaban J connectivity index is 3.34. The Morgan fingerprint density at radius 3 is 2.79 bits per heavy atom. The van der Waals surface area contributed by atoms with Crippen LogP contribution in [-0.4, -0.2) is 36.4 Å². The molecule has 0 aromatic heterocycles. The van der Waals surface area contributed by atoms with Crippen molar-refractivity contribution in [2.45, 2.75) is 18.9 Å². The first-order valence-electron chi connectivity index (χ1n) is 4.51. The molecule has 0 aliphatic carbocycles. The SMILES string of the molecule is N=CCNC/C=C/CC[C@H](N)C(=O)O. The molecule has 0 aliphatic rings. The van der Waals surface area contributed by atoms with Gasteiger partial charge in [0.05, 0.1) is 0 Å². The van der Waals surface area contributed by atoms with Crippen molar-refractivity contribution in [2.24, 2.45) is 5.73 Å². The van der Waals surface area contributed by atoms with E-state index in [4.69, 9.17) is 16.2 Å². The summed E-state index contributed by atoms with van der Waals surface area (Å²) < 4.78 is 0. The largest absolute Gasteiger partial charge is 0.480 e. The summed E-state index contributed by atoms with van der Waals surface area (Å²) >= 11 is 0. The van der Waals surface area contributed by atoms with Gasteiger partial charge in [-0.05, 0) is 12.8 Å². The lowest BCUT2D eigenvalue weighted by Crippen LogP contribution is -2.29. The molecule has 0 fully saturated rings. The van der Waals surface area contributed by atoms with Gasteiger partial charge in [-0.15, -0.1) is 0 Å². The number of carbonyl (C=O) groups is 1. The van der Waals surface area contributed by atoms with E-state index in [9.17, 15) is 4.79 Å². The van der Waals surface area contributed by atoms with E-state index in [0.717, 1.165) is 0 Å². The van der Waals surface area contributed by atoms with Crippen LogP contribution in [0.5, 0.6) is 0 Å². The minimum atomic E-state index is -0.958. The van der Waals surface area contributed by atoms with E-state index in [1.54, 1.807) is 0 Å². The molecule has 0 aliphatic heterocycles. The smallest absolute Gasteiger partial charge is 0.320 e. The second-order valence-corrected chi connectivity index (χ2v) is 2.86. The summed E-state index contributed by atoms with van der Waals surface area (Å²) in [6.45, 7) is 1.25. The second-order valence-electron chi connectivity index (χ2n) is 2.86. The Labute approximate surface area is 83.5 Å². The van der Waals surface area contributed by atoms with Gasteiger partial charge in [0.15, 0.2) is 0 Å². The van der Waals surface area contributed by atoms with Crippen molar-refractivity contribution in [3.8, 4) is 0 Å². The molecule has 0 saturated carbocycles. The van der Waals surface area contributed by atoms with Gasteiger partial charge in [0.2, 0.25) is 0 Å². The Bertz CT molecular complexity index is 204. The van der Waals surface area contributed by atoms with Crippen LogP contribution in [0.4, 0.5) is 0 Å². The Kier molecular flexibility index (Phi) is 7.68. The molecule has 1 atom stereocenters. The predicted octanol–water partition coefficient (Wildman–Crippen LogP) is -0.0261. The molecule has 80 valence electrons. The first-order chi connectivity index (χ1) is 6.68. The maximum atomic E-state index is 10.3. The van der Waals surface area contributed by atoms with Crippen molar-refractivity contribution in [3.63, 3.8) is 0 Å². The molecule has 0 unspecified atom stereocenters. The van der Waals surface area contributed by atoms with Gasteiger partial charge in [-0.3, -0.25) is 4.79 Å². The summed E-state index contributed by atoms with van der Waals surface area (Å²) in [6.07, 6.45) is 6.20. The highest BCUT2D eigenvalue weighted by Gasteiger charge is 2.08. The van der Waals surface area contributed by atoms with E-state index in [-0.39, 0.29) is 0 Å². The summed E-state index contributed by atoms with van der Waals surface area (Å²) in [5, 5.41) is 18.2. The van der Waals surface area contributed by atoms with Gasteiger partial charge in [0.1, 0.15) is 6.04 Å². The van der Waals surface area contributed by atoms with E-state index < -0.39 is 12.0 Å². The monoisotopic (exact) mass is 199 g/mol. The number of carboxylic acids is 1. The number of aliphatic carboxylic acids is 1. The van der Waals surface area contributed by atoms with Crippen LogP contribution in [0.15, 0.2) is 12.2 Å². The van der Waals surface area contributed by atoms with Gasteiger partial charge in [0, 0.05) is 19.3 Å². The van der Waals surface area contributed by atoms with E-state index in [2.05, 4.69) is 5.32 Å². The van der Waals surface area contributed by atoms with Crippen molar-refractivity contribution in [1.29, 1.82) is 5.41 Å². The first-order valence-corrected chi connectivity index (χ1v) is 4.51. The minimum Gasteiger partial charge on any atom is -0.480 e. The lowest BCUT2D eigenvalue weighted by Gasteiger charge is -2.02. The normalized spacial score (nSPS) is 12.9. The molecule has 0 aromatic carbocycles. The first kappa shape index (κ1) is 12.8. The number of allylic oxidation sites excluding steroid dienone is 1. The van der Waals surface area contributed by atoms with Gasteiger partial charge in [-0.1, -0.05) is 12.2 Å². The molecule has 0 bridgehead atoms. The molecule has 0 amide bonds. The van der Waals surface area contributed by atoms with Crippen molar-refractivity contribution >= 4 is 12.2 Å². The molecule has 14 heavy (non-hydrogen) atoms. The molecule has 0 rings (SSSR count). The molecule has 0 spiro atoms. The van der Waals surface area contributed by atoms with E-state index >= 15 is 0 Å². The highest BCUT2D eigenvalue weighted by molar-refractivity contribution is 5.72. The van der Waals surface area contributed by atoms with Crippen LogP contribution < -0.4 is 11.1 Å². The minimum absolute atomic E-state index is 0.455. The van der Waals surface area contributed by atoms with Crippen LogP contribution in [0.2, 0.25) is 0 Å². The number of hydrogen-bond acceptors (Lipinski definition) is 4. The third kappa shape index (κ3) is 7.45. The average Bonchev–Trinajstić information content (AvgIpc) is 2.16. The Morgan fingerprint density at radius 1 is 1.50 bits per heavy atom. The number of carboxylic acid groups (broad SMARTS) is 1. The zero-order chi connectivity index (χ0) is 10.8. The zero-order valence-electron chi connectivity index (χ0n) is 8.07. The quantitative estimate of drug-likeness (QED) is 0.251. The third-order valence-electron chi connectivity index (χ3n) is 1.64. The summed E-state index contributed by atoms with van der Waals surface area (Å²) in [7, 11) is 0. The number of rotatable bonds is 8. The Morgan fingerprint density at radius 2 is 2.21 bits per heavy atom. The number of nitrogens with two attached hydrogens (primary N) is 1. The maximum absolute atomic E-state index is 10.3. The molecule has 0 heterocycles. The fourth-order valence-electron chi connectivity index (χ4n) is 0.839. The zero-order valence-corrected chi connectivity index (χ0v) is 8.07. The lowest BCUT2D eigenvalue weighted by atomic mass is 10.1. The molecule has 5 heteroatoms. The topological polar surface area (TPSA) is 99.2 Å². The highest BCUT2D eigenvalue weighted by Crippen LogP contribution is 1.95. The van der Waals surface area contributed by atoms with Gasteiger partial charge in [0.25, 0.3) is 0 Å². The number of hydrogen-bond donors (Lipinski definition) is 4. The van der Waals surface area contributed by atoms with E-state index in [1.165, 1.54) is 6.21 Å². The fraction of sp³-hybridized carbons (Fsp3) is 0.556.